The van der Waals surface area contributed by atoms with Crippen molar-refractivity contribution < 1.29 is 23.9 Å². The number of benzene rings is 2. The number of nitrogens with zero attached hydrogens (tertiary/aromatic N) is 1. The number of esters is 1. The molecule has 0 spiro atoms. The predicted octanol–water partition coefficient (Wildman–Crippen LogP) is 3.49. The van der Waals surface area contributed by atoms with Crippen molar-refractivity contribution >= 4 is 58.3 Å². The molecule has 2 amide bonds. The number of hydrogen-bond acceptors (Lipinski definition) is 6. The molecule has 11 heteroatoms. The molecule has 2 N–H and O–H groups in total. The Kier molecular flexibility index (Phi) is 10.1. The number of ether oxygens (including phenoxy) is 2. The van der Waals surface area contributed by atoms with Crippen LogP contribution in [-0.2, 0) is 25.7 Å². The van der Waals surface area contributed by atoms with Gasteiger partial charge in [-0.05, 0) is 42.4 Å². The summed E-state index contributed by atoms with van der Waals surface area (Å²) in [7, 11) is 0. The van der Waals surface area contributed by atoms with Crippen LogP contribution in [0, 0.1) is 0 Å². The number of nitrogens with one attached hydrogen (secondary N) is 2. The van der Waals surface area contributed by atoms with Gasteiger partial charge >= 0.3 is 5.97 Å². The van der Waals surface area contributed by atoms with E-state index >= 15 is 0 Å². The summed E-state index contributed by atoms with van der Waals surface area (Å²) in [6.45, 7) is 1.09. The van der Waals surface area contributed by atoms with Crippen LogP contribution in [-0.4, -0.2) is 53.5 Å². The van der Waals surface area contributed by atoms with Crippen molar-refractivity contribution in [3.63, 3.8) is 0 Å². The lowest BCUT2D eigenvalue weighted by atomic mass is 10.1. The fourth-order valence-electron chi connectivity index (χ4n) is 3.38. The van der Waals surface area contributed by atoms with Crippen molar-refractivity contribution in [3.8, 4) is 5.75 Å². The zero-order valence-corrected chi connectivity index (χ0v) is 21.1. The minimum absolute atomic E-state index is 0.0902. The molecular weight excluding hydrogens is 513 g/mol. The van der Waals surface area contributed by atoms with E-state index in [-0.39, 0.29) is 43.0 Å². The molecule has 35 heavy (non-hydrogen) atoms. The predicted molar refractivity (Wildman–Crippen MR) is 136 cm³/mol. The summed E-state index contributed by atoms with van der Waals surface area (Å²) >= 11 is 17.3. The van der Waals surface area contributed by atoms with Crippen LogP contribution in [0.2, 0.25) is 10.0 Å². The lowest BCUT2D eigenvalue weighted by Gasteiger charge is -2.36. The Balaban J connectivity index is 1.45. The largest absolute Gasteiger partial charge is 0.492 e. The summed E-state index contributed by atoms with van der Waals surface area (Å²) in [5, 5.41) is 6.34. The molecule has 1 aliphatic rings. The maximum absolute atomic E-state index is 12.4. The first kappa shape index (κ1) is 26.7. The van der Waals surface area contributed by atoms with Gasteiger partial charge in [-0.25, -0.2) is 0 Å². The van der Waals surface area contributed by atoms with Crippen molar-refractivity contribution in [1.29, 1.82) is 0 Å². The molecule has 3 rings (SSSR count). The van der Waals surface area contributed by atoms with Crippen LogP contribution < -0.4 is 15.4 Å². The van der Waals surface area contributed by atoms with Crippen LogP contribution in [0.3, 0.4) is 0 Å². The van der Waals surface area contributed by atoms with Gasteiger partial charge in [-0.15, -0.1) is 0 Å². The molecule has 186 valence electrons. The van der Waals surface area contributed by atoms with Crippen LogP contribution in [0.4, 0.5) is 0 Å². The van der Waals surface area contributed by atoms with Crippen LogP contribution in [0.25, 0.3) is 0 Å². The van der Waals surface area contributed by atoms with Gasteiger partial charge in [0.2, 0.25) is 11.8 Å². The van der Waals surface area contributed by atoms with Crippen LogP contribution in [0.1, 0.15) is 24.8 Å². The fourth-order valence-corrected chi connectivity index (χ4v) is 4.17. The Morgan fingerprint density at radius 1 is 1.17 bits per heavy atom. The molecule has 2 aromatic rings. The number of halogens is 2. The monoisotopic (exact) mass is 537 g/mol. The molecule has 0 aromatic heterocycles. The Morgan fingerprint density at radius 3 is 2.69 bits per heavy atom. The molecule has 1 fully saturated rings. The van der Waals surface area contributed by atoms with E-state index in [9.17, 15) is 14.4 Å². The SMILES string of the molecule is O=C(CCCOc1ccc(Cl)cc1Cl)NC(=S)N1CCNC(=O)C1CC(=O)OCc1ccccc1. The standard InChI is InChI=1S/C24H25Cl2N3O5S/c25-17-8-9-20(18(26)13-17)33-12-4-7-21(30)28-24(35)29-11-10-27-23(32)19(29)14-22(31)34-15-16-5-2-1-3-6-16/h1-3,5-6,8-9,13,19H,4,7,10-12,14-15H2,(H,27,32)(H,28,30,35). The van der Waals surface area contributed by atoms with Crippen molar-refractivity contribution in [2.45, 2.75) is 31.9 Å². The fraction of sp³-hybridized carbons (Fsp3) is 0.333. The smallest absolute Gasteiger partial charge is 0.308 e. The van der Waals surface area contributed by atoms with Gasteiger partial charge in [0.15, 0.2) is 5.11 Å². The summed E-state index contributed by atoms with van der Waals surface area (Å²) in [6, 6.07) is 13.3. The summed E-state index contributed by atoms with van der Waals surface area (Å²) in [5.74, 6) is -0.726. The molecule has 1 heterocycles. The zero-order valence-electron chi connectivity index (χ0n) is 18.8. The number of carbonyl (C=O) groups excluding carboxylic acids is 3. The maximum atomic E-state index is 12.4. The van der Waals surface area contributed by atoms with E-state index in [1.807, 2.05) is 30.3 Å². The van der Waals surface area contributed by atoms with Crippen molar-refractivity contribution in [2.24, 2.45) is 0 Å². The van der Waals surface area contributed by atoms with E-state index in [2.05, 4.69) is 10.6 Å². The third kappa shape index (κ3) is 8.38. The van der Waals surface area contributed by atoms with Gasteiger partial charge in [-0.3, -0.25) is 14.4 Å². The Bertz CT molecular complexity index is 1070. The average molecular weight is 538 g/mol. The lowest BCUT2D eigenvalue weighted by molar-refractivity contribution is -0.148. The third-order valence-electron chi connectivity index (χ3n) is 5.14. The van der Waals surface area contributed by atoms with E-state index in [1.165, 1.54) is 0 Å². The molecule has 8 nitrogen and oxygen atoms in total. The number of rotatable bonds is 9. The highest BCUT2D eigenvalue weighted by Gasteiger charge is 2.34. The van der Waals surface area contributed by atoms with E-state index in [4.69, 9.17) is 44.9 Å². The highest BCUT2D eigenvalue weighted by atomic mass is 35.5. The summed E-state index contributed by atoms with van der Waals surface area (Å²) in [6.07, 6.45) is 0.378. The number of hydrogen-bond donors (Lipinski definition) is 2. The van der Waals surface area contributed by atoms with Gasteiger partial charge in [-0.2, -0.15) is 0 Å². The summed E-state index contributed by atoms with van der Waals surface area (Å²) in [5.41, 5.74) is 0.843. The maximum Gasteiger partial charge on any atom is 0.308 e. The molecule has 0 aliphatic carbocycles. The lowest BCUT2D eigenvalue weighted by Crippen LogP contribution is -2.60. The van der Waals surface area contributed by atoms with Gasteiger partial charge < -0.3 is 25.0 Å². The minimum Gasteiger partial charge on any atom is -0.492 e. The molecule has 0 radical (unpaired) electrons. The number of amides is 2. The van der Waals surface area contributed by atoms with E-state index in [0.717, 1.165) is 5.56 Å². The Morgan fingerprint density at radius 2 is 1.94 bits per heavy atom. The second-order valence-corrected chi connectivity index (χ2v) is 8.96. The molecule has 2 aromatic carbocycles. The number of piperazine rings is 1. The average Bonchev–Trinajstić information content (AvgIpc) is 2.83. The van der Waals surface area contributed by atoms with Crippen molar-refractivity contribution in [2.75, 3.05) is 19.7 Å². The van der Waals surface area contributed by atoms with E-state index in [0.29, 0.717) is 35.3 Å². The van der Waals surface area contributed by atoms with Crippen LogP contribution in [0.5, 0.6) is 5.75 Å². The third-order valence-corrected chi connectivity index (χ3v) is 6.01. The van der Waals surface area contributed by atoms with Crippen molar-refractivity contribution in [3.05, 3.63) is 64.1 Å². The first-order valence-corrected chi connectivity index (χ1v) is 12.2. The van der Waals surface area contributed by atoms with Crippen molar-refractivity contribution in [1.82, 2.24) is 15.5 Å². The van der Waals surface area contributed by atoms with Gasteiger partial charge in [0.1, 0.15) is 18.4 Å². The highest BCUT2D eigenvalue weighted by Crippen LogP contribution is 2.27. The van der Waals surface area contributed by atoms with E-state index < -0.39 is 12.0 Å². The molecular formula is C24H25Cl2N3O5S. The molecule has 1 atom stereocenters. The van der Waals surface area contributed by atoms with E-state index in [1.54, 1.807) is 23.1 Å². The highest BCUT2D eigenvalue weighted by molar-refractivity contribution is 7.80. The minimum atomic E-state index is -0.866. The normalized spacial score (nSPS) is 15.2. The van der Waals surface area contributed by atoms with Gasteiger partial charge in [-0.1, -0.05) is 53.5 Å². The quantitative estimate of drug-likeness (QED) is 0.287. The topological polar surface area (TPSA) is 97.0 Å². The molecule has 0 bridgehead atoms. The van der Waals surface area contributed by atoms with Gasteiger partial charge in [0, 0.05) is 24.5 Å². The molecule has 1 saturated heterocycles. The number of carbonyl (C=O) groups is 3. The summed E-state index contributed by atoms with van der Waals surface area (Å²) in [4.78, 5) is 38.7. The number of thiocarbonyl (C=S) groups is 1. The first-order chi connectivity index (χ1) is 16.8. The Hall–Kier alpha value is -2.88. The molecule has 0 saturated carbocycles. The Labute approximate surface area is 218 Å². The van der Waals surface area contributed by atoms with Crippen LogP contribution in [0.15, 0.2) is 48.5 Å². The zero-order chi connectivity index (χ0) is 25.2. The second kappa shape index (κ2) is 13.3. The molecule has 1 aliphatic heterocycles. The summed E-state index contributed by atoms with van der Waals surface area (Å²) < 4.78 is 10.9. The van der Waals surface area contributed by atoms with Crippen LogP contribution >= 0.6 is 35.4 Å². The van der Waals surface area contributed by atoms with Gasteiger partial charge in [0.05, 0.1) is 18.1 Å². The first-order valence-electron chi connectivity index (χ1n) is 11.0. The second-order valence-electron chi connectivity index (χ2n) is 7.73. The van der Waals surface area contributed by atoms with Gasteiger partial charge in [0.25, 0.3) is 0 Å². The molecule has 1 unspecified atom stereocenters.